The molecule has 0 saturated carbocycles. The quantitative estimate of drug-likeness (QED) is 0.696. The van der Waals surface area contributed by atoms with Crippen molar-refractivity contribution in [1.29, 1.82) is 0 Å². The molecule has 0 N–H and O–H groups in total. The topological polar surface area (TPSA) is 30.0 Å². The van der Waals surface area contributed by atoms with Crippen molar-refractivity contribution in [2.24, 2.45) is 0 Å². The molecule has 92 valence electrons. The Hall–Kier alpha value is -2.48. The maximum absolute atomic E-state index is 11.8. The molecule has 2 aromatic carbocycles. The Bertz CT molecular complexity index is 775. The molecule has 0 bridgehead atoms. The lowest BCUT2D eigenvalue weighted by atomic mass is 9.99. The Morgan fingerprint density at radius 3 is 2.47 bits per heavy atom. The highest BCUT2D eigenvalue weighted by molar-refractivity contribution is 5.85. The molecule has 19 heavy (non-hydrogen) atoms. The van der Waals surface area contributed by atoms with Gasteiger partial charge in [-0.05, 0) is 22.4 Å². The highest BCUT2D eigenvalue weighted by Gasteiger charge is 2.04. The van der Waals surface area contributed by atoms with Crippen LogP contribution in [0.1, 0.15) is 11.1 Å². The van der Waals surface area contributed by atoms with Gasteiger partial charge in [0.1, 0.15) is 0 Å². The Morgan fingerprint density at radius 1 is 0.789 bits per heavy atom. The first-order valence-corrected chi connectivity index (χ1v) is 6.25. The SMILES string of the molecule is O=c1nccccc1Cc1cccc2ccccc12. The van der Waals surface area contributed by atoms with Crippen LogP contribution in [-0.2, 0) is 6.42 Å². The minimum absolute atomic E-state index is 0.155. The molecule has 0 spiro atoms. The molecule has 2 nitrogen and oxygen atoms in total. The van der Waals surface area contributed by atoms with Crippen LogP contribution in [0.3, 0.4) is 0 Å². The van der Waals surface area contributed by atoms with E-state index in [-0.39, 0.29) is 5.56 Å². The largest absolute Gasteiger partial charge is 0.273 e. The molecule has 1 heterocycles. The average Bonchev–Trinajstić information content (AvgIpc) is 2.65. The maximum Gasteiger partial charge on any atom is 0.273 e. The zero-order chi connectivity index (χ0) is 13.1. The van der Waals surface area contributed by atoms with Gasteiger partial charge in [-0.15, -0.1) is 0 Å². The van der Waals surface area contributed by atoms with E-state index in [2.05, 4.69) is 29.2 Å². The van der Waals surface area contributed by atoms with Crippen molar-refractivity contribution in [2.45, 2.75) is 6.42 Å². The van der Waals surface area contributed by atoms with E-state index in [0.717, 1.165) is 11.1 Å². The lowest BCUT2D eigenvalue weighted by molar-refractivity contribution is 1.13. The normalized spacial score (nSPS) is 10.5. The van der Waals surface area contributed by atoms with Crippen LogP contribution in [-0.4, -0.2) is 4.98 Å². The molecule has 3 rings (SSSR count). The number of benzene rings is 2. The predicted octanol–water partition coefficient (Wildman–Crippen LogP) is 3.19. The van der Waals surface area contributed by atoms with Crippen molar-refractivity contribution < 1.29 is 0 Å². The van der Waals surface area contributed by atoms with Crippen LogP contribution in [0.4, 0.5) is 0 Å². The van der Waals surface area contributed by atoms with Crippen molar-refractivity contribution in [1.82, 2.24) is 4.98 Å². The van der Waals surface area contributed by atoms with Crippen LogP contribution in [0, 0.1) is 0 Å². The molecule has 0 aliphatic heterocycles. The fourth-order valence-corrected chi connectivity index (χ4v) is 2.27. The third kappa shape index (κ3) is 2.38. The van der Waals surface area contributed by atoms with Crippen LogP contribution in [0.15, 0.2) is 71.7 Å². The molecular formula is C17H13NO. The standard InChI is InChI=1S/C17H13NO/c19-17-15(7-3-4-11-18-17)12-14-9-5-8-13-6-1-2-10-16(13)14/h1-11H,12H2. The van der Waals surface area contributed by atoms with Crippen LogP contribution in [0.25, 0.3) is 10.8 Å². The molecule has 0 amide bonds. The summed E-state index contributed by atoms with van der Waals surface area (Å²) in [4.78, 5) is 15.7. The summed E-state index contributed by atoms with van der Waals surface area (Å²) in [6.45, 7) is 0. The van der Waals surface area contributed by atoms with E-state index >= 15 is 0 Å². The van der Waals surface area contributed by atoms with Crippen LogP contribution < -0.4 is 5.56 Å². The second kappa shape index (κ2) is 5.02. The summed E-state index contributed by atoms with van der Waals surface area (Å²) in [5, 5.41) is 2.39. The molecule has 0 radical (unpaired) electrons. The number of aromatic nitrogens is 1. The number of hydrogen-bond acceptors (Lipinski definition) is 2. The molecule has 2 heteroatoms. The average molecular weight is 247 g/mol. The van der Waals surface area contributed by atoms with Crippen molar-refractivity contribution >= 4 is 10.8 Å². The Morgan fingerprint density at radius 2 is 1.53 bits per heavy atom. The highest BCUT2D eigenvalue weighted by Crippen LogP contribution is 2.20. The number of fused-ring (bicyclic) bond motifs is 1. The van der Waals surface area contributed by atoms with Gasteiger partial charge in [0.05, 0.1) is 0 Å². The minimum atomic E-state index is -0.155. The van der Waals surface area contributed by atoms with E-state index < -0.39 is 0 Å². The molecule has 0 aliphatic rings. The van der Waals surface area contributed by atoms with Crippen molar-refractivity contribution in [3.05, 3.63) is 88.3 Å². The van der Waals surface area contributed by atoms with Crippen molar-refractivity contribution in [2.75, 3.05) is 0 Å². The van der Waals surface area contributed by atoms with Gasteiger partial charge < -0.3 is 0 Å². The molecule has 0 fully saturated rings. The van der Waals surface area contributed by atoms with Gasteiger partial charge in [0.15, 0.2) is 0 Å². The summed E-state index contributed by atoms with van der Waals surface area (Å²) in [7, 11) is 0. The summed E-state index contributed by atoms with van der Waals surface area (Å²) >= 11 is 0. The third-order valence-corrected chi connectivity index (χ3v) is 3.22. The lowest BCUT2D eigenvalue weighted by Crippen LogP contribution is -2.09. The number of rotatable bonds is 2. The Labute approximate surface area is 111 Å². The van der Waals surface area contributed by atoms with Crippen molar-refractivity contribution in [3.8, 4) is 0 Å². The maximum atomic E-state index is 11.8. The van der Waals surface area contributed by atoms with Gasteiger partial charge in [0.2, 0.25) is 0 Å². The zero-order valence-electron chi connectivity index (χ0n) is 10.4. The molecule has 1 aromatic heterocycles. The molecule has 0 unspecified atom stereocenters. The second-order valence-corrected chi connectivity index (χ2v) is 4.48. The molecule has 0 atom stereocenters. The number of hydrogen-bond donors (Lipinski definition) is 0. The first-order chi connectivity index (χ1) is 9.34. The zero-order valence-corrected chi connectivity index (χ0v) is 10.4. The summed E-state index contributed by atoms with van der Waals surface area (Å²) in [5.74, 6) is 0. The van der Waals surface area contributed by atoms with Gasteiger partial charge in [0.25, 0.3) is 5.56 Å². The van der Waals surface area contributed by atoms with E-state index in [9.17, 15) is 4.79 Å². The molecule has 3 aromatic rings. The highest BCUT2D eigenvalue weighted by atomic mass is 16.1. The van der Waals surface area contributed by atoms with Crippen molar-refractivity contribution in [3.63, 3.8) is 0 Å². The van der Waals surface area contributed by atoms with E-state index in [1.165, 1.54) is 17.0 Å². The van der Waals surface area contributed by atoms with Gasteiger partial charge in [-0.1, -0.05) is 54.6 Å². The van der Waals surface area contributed by atoms with Gasteiger partial charge >= 0.3 is 0 Å². The Kier molecular flexibility index (Phi) is 3.07. The van der Waals surface area contributed by atoms with E-state index in [1.807, 2.05) is 30.3 Å². The van der Waals surface area contributed by atoms with Crippen LogP contribution >= 0.6 is 0 Å². The smallest absolute Gasteiger partial charge is 0.267 e. The summed E-state index contributed by atoms with van der Waals surface area (Å²) in [6.07, 6.45) is 2.15. The van der Waals surface area contributed by atoms with Crippen LogP contribution in [0.5, 0.6) is 0 Å². The molecular weight excluding hydrogens is 234 g/mol. The van der Waals surface area contributed by atoms with E-state index in [1.54, 1.807) is 6.07 Å². The predicted molar refractivity (Wildman–Crippen MR) is 77.3 cm³/mol. The second-order valence-electron chi connectivity index (χ2n) is 4.48. The molecule has 0 aliphatic carbocycles. The van der Waals surface area contributed by atoms with Gasteiger partial charge in [-0.25, -0.2) is 4.98 Å². The summed E-state index contributed by atoms with van der Waals surface area (Å²) < 4.78 is 0. The van der Waals surface area contributed by atoms with Crippen LogP contribution in [0.2, 0.25) is 0 Å². The Balaban J connectivity index is 2.12. The first-order valence-electron chi connectivity index (χ1n) is 6.25. The summed E-state index contributed by atoms with van der Waals surface area (Å²) in [5.41, 5.74) is 1.72. The van der Waals surface area contributed by atoms with Gasteiger partial charge in [-0.2, -0.15) is 0 Å². The first kappa shape index (κ1) is 11.6. The third-order valence-electron chi connectivity index (χ3n) is 3.22. The lowest BCUT2D eigenvalue weighted by Gasteiger charge is -2.05. The fraction of sp³-hybridized carbons (Fsp3) is 0.0588. The van der Waals surface area contributed by atoms with E-state index in [0.29, 0.717) is 6.42 Å². The summed E-state index contributed by atoms with van der Waals surface area (Å²) in [6, 6.07) is 19.9. The minimum Gasteiger partial charge on any atom is -0.267 e. The monoisotopic (exact) mass is 247 g/mol. The fourth-order valence-electron chi connectivity index (χ4n) is 2.27. The van der Waals surface area contributed by atoms with E-state index in [4.69, 9.17) is 0 Å². The molecule has 0 saturated heterocycles. The van der Waals surface area contributed by atoms with Gasteiger partial charge in [-0.3, -0.25) is 4.79 Å². The number of nitrogens with zero attached hydrogens (tertiary/aromatic N) is 1. The van der Waals surface area contributed by atoms with Gasteiger partial charge in [0, 0.05) is 18.2 Å².